The number of anilines is 1. The van der Waals surface area contributed by atoms with Crippen LogP contribution in [0.4, 0.5) is 11.4 Å². The van der Waals surface area contributed by atoms with E-state index in [-0.39, 0.29) is 0 Å². The quantitative estimate of drug-likeness (QED) is 0.258. The number of aliphatic imine (C=N–C) groups is 1. The van der Waals surface area contributed by atoms with Crippen LogP contribution in [0.15, 0.2) is 96.0 Å². The Morgan fingerprint density at radius 1 is 0.686 bits per heavy atom. The minimum Gasteiger partial charge on any atom is -0.371 e. The highest BCUT2D eigenvalue weighted by molar-refractivity contribution is 6.38. The molecule has 0 unspecified atom stereocenters. The fraction of sp³-hybridized carbons (Fsp3) is 0.194. The van der Waals surface area contributed by atoms with Crippen molar-refractivity contribution in [1.82, 2.24) is 0 Å². The van der Waals surface area contributed by atoms with Crippen LogP contribution in [0.25, 0.3) is 0 Å². The van der Waals surface area contributed by atoms with Gasteiger partial charge in [-0.1, -0.05) is 89.9 Å². The van der Waals surface area contributed by atoms with Gasteiger partial charge < -0.3 is 4.90 Å². The highest BCUT2D eigenvalue weighted by Gasteiger charge is 2.35. The van der Waals surface area contributed by atoms with E-state index in [2.05, 4.69) is 77.7 Å². The van der Waals surface area contributed by atoms with Gasteiger partial charge in [0, 0.05) is 42.4 Å². The van der Waals surface area contributed by atoms with Crippen molar-refractivity contribution in [3.63, 3.8) is 0 Å². The topological polar surface area (TPSA) is 15.6 Å². The van der Waals surface area contributed by atoms with Crippen LogP contribution in [0, 0.1) is 0 Å². The average Bonchev–Trinajstić information content (AvgIpc) is 2.90. The normalized spacial score (nSPS) is 19.1. The molecule has 0 saturated heterocycles. The first-order chi connectivity index (χ1) is 17.2. The van der Waals surface area contributed by atoms with Crippen LogP contribution in [0.1, 0.15) is 52.5 Å². The minimum absolute atomic E-state index is 0.356. The van der Waals surface area contributed by atoms with Gasteiger partial charge >= 0.3 is 0 Å². The monoisotopic (exact) mass is 496 g/mol. The summed E-state index contributed by atoms with van der Waals surface area (Å²) in [6.45, 7) is 2.16. The molecule has 4 aromatic rings. The van der Waals surface area contributed by atoms with E-state index in [0.717, 1.165) is 37.2 Å². The molecule has 0 fully saturated rings. The van der Waals surface area contributed by atoms with Crippen molar-refractivity contribution < 1.29 is 0 Å². The van der Waals surface area contributed by atoms with Gasteiger partial charge in [-0.05, 0) is 59.4 Å². The molecular weight excluding hydrogens is 471 g/mol. The number of nitrogens with zero attached hydrogens (tertiary/aromatic N) is 2. The molecule has 174 valence electrons. The number of hydrogen-bond donors (Lipinski definition) is 0. The van der Waals surface area contributed by atoms with E-state index in [4.69, 9.17) is 28.2 Å². The van der Waals surface area contributed by atoms with Gasteiger partial charge in [-0.2, -0.15) is 0 Å². The van der Waals surface area contributed by atoms with Gasteiger partial charge in [0.15, 0.2) is 0 Å². The van der Waals surface area contributed by atoms with Crippen LogP contribution in [0.2, 0.25) is 10.0 Å². The van der Waals surface area contributed by atoms with Crippen molar-refractivity contribution in [3.8, 4) is 0 Å². The zero-order chi connectivity index (χ0) is 23.8. The number of benzene rings is 4. The van der Waals surface area contributed by atoms with Crippen LogP contribution in [-0.4, -0.2) is 19.3 Å². The Morgan fingerprint density at radius 3 is 1.71 bits per heavy atom. The van der Waals surface area contributed by atoms with Gasteiger partial charge in [0.2, 0.25) is 0 Å². The van der Waals surface area contributed by atoms with Crippen LogP contribution >= 0.6 is 23.2 Å². The maximum atomic E-state index is 6.42. The molecule has 4 aromatic carbocycles. The molecule has 0 aromatic heterocycles. The minimum atomic E-state index is 0.356. The van der Waals surface area contributed by atoms with E-state index in [1.807, 2.05) is 18.2 Å². The molecule has 2 aliphatic rings. The van der Waals surface area contributed by atoms with Gasteiger partial charge in [-0.3, -0.25) is 4.99 Å². The third kappa shape index (κ3) is 4.26. The van der Waals surface area contributed by atoms with Gasteiger partial charge in [0.1, 0.15) is 0 Å². The van der Waals surface area contributed by atoms with Crippen molar-refractivity contribution in [2.24, 2.45) is 4.99 Å². The van der Waals surface area contributed by atoms with Crippen molar-refractivity contribution in [2.75, 3.05) is 18.0 Å². The van der Waals surface area contributed by atoms with Crippen molar-refractivity contribution in [1.29, 1.82) is 0 Å². The van der Waals surface area contributed by atoms with Crippen molar-refractivity contribution in [2.45, 2.75) is 24.7 Å². The lowest BCUT2D eigenvalue weighted by atomic mass is 9.76. The zero-order valence-corrected chi connectivity index (χ0v) is 20.9. The highest BCUT2D eigenvalue weighted by atomic mass is 35.5. The molecule has 0 radical (unpaired) electrons. The highest BCUT2D eigenvalue weighted by Crippen LogP contribution is 2.50. The first-order valence-corrected chi connectivity index (χ1v) is 13.0. The molecular formula is C31H26Cl2N2. The molecule has 0 spiro atoms. The number of rotatable bonds is 4. The largest absolute Gasteiger partial charge is 0.371 e. The van der Waals surface area contributed by atoms with Crippen molar-refractivity contribution >= 4 is 40.8 Å². The van der Waals surface area contributed by atoms with Gasteiger partial charge in [-0.25, -0.2) is 0 Å². The Morgan fingerprint density at radius 2 is 1.20 bits per heavy atom. The second-order valence-electron chi connectivity index (χ2n) is 9.36. The summed E-state index contributed by atoms with van der Waals surface area (Å²) < 4.78 is 0. The summed E-state index contributed by atoms with van der Waals surface area (Å²) in [5.74, 6) is 0.713. The maximum absolute atomic E-state index is 6.42. The van der Waals surface area contributed by atoms with Crippen LogP contribution < -0.4 is 4.90 Å². The van der Waals surface area contributed by atoms with Crippen LogP contribution in [0.3, 0.4) is 0 Å². The molecule has 2 atom stereocenters. The second kappa shape index (κ2) is 9.53. The summed E-state index contributed by atoms with van der Waals surface area (Å²) >= 11 is 12.8. The lowest BCUT2D eigenvalue weighted by Crippen LogP contribution is -2.37. The number of hydrogen-bond acceptors (Lipinski definition) is 2. The van der Waals surface area contributed by atoms with Crippen LogP contribution in [-0.2, 0) is 0 Å². The Kier molecular flexibility index (Phi) is 6.10. The van der Waals surface area contributed by atoms with Gasteiger partial charge in [0.05, 0.1) is 15.7 Å². The lowest BCUT2D eigenvalue weighted by molar-refractivity contribution is 0.571. The van der Waals surface area contributed by atoms with E-state index in [9.17, 15) is 0 Å². The van der Waals surface area contributed by atoms with E-state index in [0.29, 0.717) is 21.9 Å². The molecule has 0 aliphatic carbocycles. The molecule has 2 heterocycles. The van der Waals surface area contributed by atoms with Gasteiger partial charge in [-0.15, -0.1) is 0 Å². The third-order valence-electron chi connectivity index (χ3n) is 7.34. The summed E-state index contributed by atoms with van der Waals surface area (Å²) in [6.07, 6.45) is 4.02. The van der Waals surface area contributed by atoms with E-state index < -0.39 is 0 Å². The number of halogens is 2. The molecule has 6 rings (SSSR count). The summed E-state index contributed by atoms with van der Waals surface area (Å²) in [6, 6.07) is 31.9. The lowest BCUT2D eigenvalue weighted by Gasteiger charge is -2.43. The third-order valence-corrected chi connectivity index (χ3v) is 8.00. The molecule has 0 N–H and O–H groups in total. The zero-order valence-electron chi connectivity index (χ0n) is 19.4. The fourth-order valence-electron chi connectivity index (χ4n) is 5.69. The summed E-state index contributed by atoms with van der Waals surface area (Å²) in [7, 11) is 0. The average molecular weight is 497 g/mol. The van der Waals surface area contributed by atoms with E-state index >= 15 is 0 Å². The molecule has 35 heavy (non-hydrogen) atoms. The van der Waals surface area contributed by atoms with Crippen molar-refractivity contribution in [3.05, 3.63) is 129 Å². The summed E-state index contributed by atoms with van der Waals surface area (Å²) in [4.78, 5) is 7.49. The Bertz CT molecular complexity index is 1290. The molecule has 4 heteroatoms. The van der Waals surface area contributed by atoms with E-state index in [1.54, 1.807) is 6.21 Å². The predicted octanol–water partition coefficient (Wildman–Crippen LogP) is 8.62. The predicted molar refractivity (Wildman–Crippen MR) is 148 cm³/mol. The summed E-state index contributed by atoms with van der Waals surface area (Å²) in [5.41, 5.74) is 8.58. The maximum Gasteiger partial charge on any atom is 0.0637 e. The second-order valence-corrected chi connectivity index (χ2v) is 10.2. The Labute approximate surface area is 216 Å². The first kappa shape index (κ1) is 22.4. The molecule has 2 nitrogen and oxygen atoms in total. The summed E-state index contributed by atoms with van der Waals surface area (Å²) in [5, 5.41) is 1.21. The molecule has 0 amide bonds. The molecule has 0 bridgehead atoms. The van der Waals surface area contributed by atoms with E-state index in [1.165, 1.54) is 27.9 Å². The fourth-order valence-corrected chi connectivity index (χ4v) is 6.18. The Balaban J connectivity index is 1.52. The first-order valence-electron chi connectivity index (χ1n) is 12.2. The molecule has 0 saturated carbocycles. The van der Waals surface area contributed by atoms with Gasteiger partial charge in [0.25, 0.3) is 0 Å². The smallest absolute Gasteiger partial charge is 0.0637 e. The molecule has 2 aliphatic heterocycles. The Hall–Kier alpha value is -3.07. The SMILES string of the molecule is Clc1cccc(Cl)c1C=Nc1cc2c3c(c1)[C@H](c1ccccc1)CCN3CC[C@@H]2c1ccccc1. The standard InChI is InChI=1S/C31H26Cl2N2/c32-29-12-7-13-30(33)28(29)20-34-23-18-26-24(21-8-3-1-4-9-21)14-16-35-17-15-25(27(19-23)31(26)35)22-10-5-2-6-11-22/h1-13,18-20,24-25H,14-17H2/t24-,25+. The van der Waals surface area contributed by atoms with Crippen LogP contribution in [0.5, 0.6) is 0 Å².